The molecule has 2 heteroatoms. The van der Waals surface area contributed by atoms with E-state index in [1.54, 1.807) is 0 Å². The van der Waals surface area contributed by atoms with Gasteiger partial charge < -0.3 is 0 Å². The summed E-state index contributed by atoms with van der Waals surface area (Å²) in [6.07, 6.45) is 0. The van der Waals surface area contributed by atoms with E-state index in [0.29, 0.717) is 0 Å². The van der Waals surface area contributed by atoms with Gasteiger partial charge in [0.15, 0.2) is 0 Å². The smallest absolute Gasteiger partial charge is 0.0339 e. The van der Waals surface area contributed by atoms with Crippen LogP contribution in [0.5, 0.6) is 0 Å². The van der Waals surface area contributed by atoms with Gasteiger partial charge in [-0.25, -0.2) is 3.11 Å². The molecule has 1 aromatic rings. The molecule has 0 saturated heterocycles. The van der Waals surface area contributed by atoms with Crippen molar-refractivity contribution in [2.75, 3.05) is 0 Å². The fraction of sp³-hybridized carbons (Fsp3) is 0.333. The Morgan fingerprint density at radius 2 is 2.00 bits per heavy atom. The van der Waals surface area contributed by atoms with E-state index in [0.717, 1.165) is 13.1 Å². The van der Waals surface area contributed by atoms with Crippen LogP contribution in [0.3, 0.4) is 0 Å². The summed E-state index contributed by atoms with van der Waals surface area (Å²) in [6, 6.07) is 6.71. The molecule has 0 amide bonds. The third kappa shape index (κ3) is 1.42. The number of halogens is 1. The lowest BCUT2D eigenvalue weighted by Gasteiger charge is -1.99. The Hall–Kier alpha value is -0.0900. The molecular formula is C9H10IN. The predicted octanol–water partition coefficient (Wildman–Crippen LogP) is 2.66. The first-order chi connectivity index (χ1) is 5.25. The summed E-state index contributed by atoms with van der Waals surface area (Å²) in [4.78, 5) is 0. The number of fused-ring (bicyclic) bond motifs is 1. The van der Waals surface area contributed by atoms with Gasteiger partial charge in [-0.2, -0.15) is 0 Å². The molecule has 0 saturated carbocycles. The number of hydrogen-bond donors (Lipinski definition) is 0. The second-order valence-corrected chi connectivity index (χ2v) is 4.42. The Bertz CT molecular complexity index is 283. The normalized spacial score (nSPS) is 16.9. The number of benzene rings is 1. The molecular weight excluding hydrogens is 249 g/mol. The first-order valence-electron chi connectivity index (χ1n) is 3.75. The quantitative estimate of drug-likeness (QED) is 0.511. The lowest BCUT2D eigenvalue weighted by Crippen LogP contribution is -1.97. The van der Waals surface area contributed by atoms with E-state index in [4.69, 9.17) is 0 Å². The highest BCUT2D eigenvalue weighted by molar-refractivity contribution is 14.1. The Balaban J connectivity index is 2.43. The van der Waals surface area contributed by atoms with Gasteiger partial charge in [0.1, 0.15) is 0 Å². The Morgan fingerprint density at radius 3 is 2.82 bits per heavy atom. The van der Waals surface area contributed by atoms with Crippen molar-refractivity contribution in [2.45, 2.75) is 20.0 Å². The molecule has 0 aromatic heterocycles. The van der Waals surface area contributed by atoms with E-state index >= 15 is 0 Å². The van der Waals surface area contributed by atoms with Crippen LogP contribution in [0.15, 0.2) is 18.2 Å². The highest BCUT2D eigenvalue weighted by Gasteiger charge is 2.15. The molecule has 1 aromatic carbocycles. The first-order valence-corrected chi connectivity index (χ1v) is 4.71. The second kappa shape index (κ2) is 2.75. The summed E-state index contributed by atoms with van der Waals surface area (Å²) in [6.45, 7) is 4.36. The zero-order valence-electron chi connectivity index (χ0n) is 6.47. The van der Waals surface area contributed by atoms with Gasteiger partial charge in [0.05, 0.1) is 0 Å². The SMILES string of the molecule is Cc1ccc2c(c1)CN(I)C2. The summed E-state index contributed by atoms with van der Waals surface area (Å²) in [7, 11) is 0. The maximum absolute atomic E-state index is 2.37. The van der Waals surface area contributed by atoms with Gasteiger partial charge in [-0.1, -0.05) is 23.8 Å². The minimum atomic E-state index is 1.11. The zero-order chi connectivity index (χ0) is 7.84. The fourth-order valence-corrected chi connectivity index (χ4v) is 2.22. The van der Waals surface area contributed by atoms with Gasteiger partial charge in [-0.05, 0) is 18.1 Å². The molecule has 0 aliphatic carbocycles. The van der Waals surface area contributed by atoms with Gasteiger partial charge in [0.25, 0.3) is 0 Å². The highest BCUT2D eigenvalue weighted by atomic mass is 127. The number of nitrogens with zero attached hydrogens (tertiary/aromatic N) is 1. The van der Waals surface area contributed by atoms with Gasteiger partial charge in [-0.15, -0.1) is 0 Å². The Morgan fingerprint density at radius 1 is 1.27 bits per heavy atom. The monoisotopic (exact) mass is 259 g/mol. The van der Waals surface area contributed by atoms with E-state index in [2.05, 4.69) is 51.1 Å². The van der Waals surface area contributed by atoms with Gasteiger partial charge >= 0.3 is 0 Å². The highest BCUT2D eigenvalue weighted by Crippen LogP contribution is 2.25. The minimum absolute atomic E-state index is 1.11. The molecule has 2 rings (SSSR count). The van der Waals surface area contributed by atoms with Crippen molar-refractivity contribution in [3.8, 4) is 0 Å². The fourth-order valence-electron chi connectivity index (χ4n) is 1.48. The lowest BCUT2D eigenvalue weighted by atomic mass is 10.1. The van der Waals surface area contributed by atoms with Crippen molar-refractivity contribution < 1.29 is 0 Å². The van der Waals surface area contributed by atoms with Crippen LogP contribution in [0.4, 0.5) is 0 Å². The Labute approximate surface area is 80.9 Å². The number of rotatable bonds is 0. The van der Waals surface area contributed by atoms with Crippen molar-refractivity contribution in [2.24, 2.45) is 0 Å². The van der Waals surface area contributed by atoms with Crippen molar-refractivity contribution >= 4 is 22.9 Å². The zero-order valence-corrected chi connectivity index (χ0v) is 8.63. The number of hydrogen-bond acceptors (Lipinski definition) is 1. The summed E-state index contributed by atoms with van der Waals surface area (Å²) in [5, 5.41) is 0. The van der Waals surface area contributed by atoms with Crippen LogP contribution >= 0.6 is 22.9 Å². The average Bonchev–Trinajstić information content (AvgIpc) is 2.27. The average molecular weight is 259 g/mol. The summed E-state index contributed by atoms with van der Waals surface area (Å²) in [5.74, 6) is 0. The molecule has 1 aliphatic rings. The first kappa shape index (κ1) is 7.55. The van der Waals surface area contributed by atoms with Crippen LogP contribution in [-0.2, 0) is 13.1 Å². The van der Waals surface area contributed by atoms with E-state index in [1.807, 2.05) is 0 Å². The molecule has 0 bridgehead atoms. The topological polar surface area (TPSA) is 3.24 Å². The standard InChI is InChI=1S/C9H10IN/c1-7-2-3-8-5-11(10)6-9(8)4-7/h2-4H,5-6H2,1H3. The van der Waals surface area contributed by atoms with Gasteiger partial charge in [0.2, 0.25) is 0 Å². The third-order valence-electron chi connectivity index (χ3n) is 2.05. The van der Waals surface area contributed by atoms with Gasteiger partial charge in [0, 0.05) is 36.0 Å². The van der Waals surface area contributed by atoms with Crippen LogP contribution in [0.2, 0.25) is 0 Å². The van der Waals surface area contributed by atoms with E-state index in [1.165, 1.54) is 16.7 Å². The maximum Gasteiger partial charge on any atom is 0.0339 e. The third-order valence-corrected chi connectivity index (χ3v) is 2.73. The van der Waals surface area contributed by atoms with E-state index in [-0.39, 0.29) is 0 Å². The summed E-state index contributed by atoms with van der Waals surface area (Å²) >= 11 is 2.37. The van der Waals surface area contributed by atoms with Crippen LogP contribution in [0.25, 0.3) is 0 Å². The van der Waals surface area contributed by atoms with Crippen molar-refractivity contribution in [3.63, 3.8) is 0 Å². The molecule has 0 spiro atoms. The molecule has 0 radical (unpaired) electrons. The van der Waals surface area contributed by atoms with Gasteiger partial charge in [-0.3, -0.25) is 0 Å². The molecule has 0 atom stereocenters. The molecule has 1 aliphatic heterocycles. The van der Waals surface area contributed by atoms with Crippen LogP contribution in [-0.4, -0.2) is 3.11 Å². The molecule has 1 heterocycles. The van der Waals surface area contributed by atoms with Crippen molar-refractivity contribution in [3.05, 3.63) is 34.9 Å². The molecule has 11 heavy (non-hydrogen) atoms. The van der Waals surface area contributed by atoms with Crippen molar-refractivity contribution in [1.82, 2.24) is 3.11 Å². The minimum Gasteiger partial charge on any atom is -0.239 e. The largest absolute Gasteiger partial charge is 0.239 e. The summed E-state index contributed by atoms with van der Waals surface area (Å²) < 4.78 is 2.31. The van der Waals surface area contributed by atoms with Crippen LogP contribution < -0.4 is 0 Å². The van der Waals surface area contributed by atoms with Crippen LogP contribution in [0, 0.1) is 6.92 Å². The Kier molecular flexibility index (Phi) is 1.89. The van der Waals surface area contributed by atoms with E-state index < -0.39 is 0 Å². The summed E-state index contributed by atoms with van der Waals surface area (Å²) in [5.41, 5.74) is 4.36. The van der Waals surface area contributed by atoms with Crippen molar-refractivity contribution in [1.29, 1.82) is 0 Å². The molecule has 0 fully saturated rings. The lowest BCUT2D eigenvalue weighted by molar-refractivity contribution is 0.554. The predicted molar refractivity (Wildman–Crippen MR) is 54.4 cm³/mol. The molecule has 0 unspecified atom stereocenters. The van der Waals surface area contributed by atoms with Crippen LogP contribution in [0.1, 0.15) is 16.7 Å². The number of aryl methyl sites for hydroxylation is 1. The molecule has 1 nitrogen and oxygen atoms in total. The molecule has 0 N–H and O–H groups in total. The maximum atomic E-state index is 2.37. The second-order valence-electron chi connectivity index (χ2n) is 3.05. The molecule has 58 valence electrons. The van der Waals surface area contributed by atoms with E-state index in [9.17, 15) is 0 Å².